The SMILES string of the molecule is CCOC(=O)c1cnc(C)c(C(=O)OCc2ccoc2C)c1. The molecule has 2 aromatic heterocycles. The van der Waals surface area contributed by atoms with Crippen molar-refractivity contribution in [2.45, 2.75) is 27.4 Å². The number of pyridine rings is 1. The van der Waals surface area contributed by atoms with Crippen LogP contribution >= 0.6 is 0 Å². The summed E-state index contributed by atoms with van der Waals surface area (Å²) in [5.74, 6) is -0.366. The van der Waals surface area contributed by atoms with Gasteiger partial charge in [0.2, 0.25) is 0 Å². The van der Waals surface area contributed by atoms with Crippen LogP contribution in [0.3, 0.4) is 0 Å². The van der Waals surface area contributed by atoms with Crippen molar-refractivity contribution in [1.82, 2.24) is 4.98 Å². The fourth-order valence-electron chi connectivity index (χ4n) is 1.85. The van der Waals surface area contributed by atoms with Crippen LogP contribution in [-0.2, 0) is 16.1 Å². The molecule has 116 valence electrons. The molecule has 0 spiro atoms. The maximum Gasteiger partial charge on any atom is 0.340 e. The second kappa shape index (κ2) is 6.89. The number of furan rings is 1. The number of esters is 2. The van der Waals surface area contributed by atoms with E-state index in [1.807, 2.05) is 0 Å². The Morgan fingerprint density at radius 1 is 1.23 bits per heavy atom. The van der Waals surface area contributed by atoms with Crippen LogP contribution in [0.1, 0.15) is 44.7 Å². The molecular weight excluding hydrogens is 286 g/mol. The Hall–Kier alpha value is -2.63. The number of carbonyl (C=O) groups excluding carboxylic acids is 2. The van der Waals surface area contributed by atoms with Crippen LogP contribution < -0.4 is 0 Å². The molecule has 0 aliphatic rings. The lowest BCUT2D eigenvalue weighted by atomic mass is 10.1. The van der Waals surface area contributed by atoms with Crippen LogP contribution in [0.4, 0.5) is 0 Å². The molecule has 0 saturated carbocycles. The first-order valence-electron chi connectivity index (χ1n) is 6.86. The highest BCUT2D eigenvalue weighted by Gasteiger charge is 2.17. The number of hydrogen-bond donors (Lipinski definition) is 0. The zero-order chi connectivity index (χ0) is 16.1. The van der Waals surface area contributed by atoms with Gasteiger partial charge in [0.1, 0.15) is 12.4 Å². The number of rotatable bonds is 5. The maximum atomic E-state index is 12.2. The van der Waals surface area contributed by atoms with Crippen molar-refractivity contribution in [3.63, 3.8) is 0 Å². The number of nitrogens with zero attached hydrogens (tertiary/aromatic N) is 1. The molecule has 0 saturated heterocycles. The number of carbonyl (C=O) groups is 2. The van der Waals surface area contributed by atoms with E-state index in [2.05, 4.69) is 4.98 Å². The summed E-state index contributed by atoms with van der Waals surface area (Å²) in [6, 6.07) is 3.17. The predicted molar refractivity (Wildman–Crippen MR) is 77.5 cm³/mol. The van der Waals surface area contributed by atoms with Crippen LogP contribution in [0.5, 0.6) is 0 Å². The summed E-state index contributed by atoms with van der Waals surface area (Å²) in [6.45, 7) is 5.53. The summed E-state index contributed by atoms with van der Waals surface area (Å²) in [6.07, 6.45) is 2.91. The quantitative estimate of drug-likeness (QED) is 0.790. The Morgan fingerprint density at radius 2 is 2.00 bits per heavy atom. The van der Waals surface area contributed by atoms with Gasteiger partial charge in [-0.2, -0.15) is 0 Å². The van der Waals surface area contributed by atoms with E-state index in [0.29, 0.717) is 11.5 Å². The molecule has 22 heavy (non-hydrogen) atoms. The number of aromatic nitrogens is 1. The summed E-state index contributed by atoms with van der Waals surface area (Å²) in [5.41, 5.74) is 1.74. The molecule has 0 aliphatic carbocycles. The van der Waals surface area contributed by atoms with Gasteiger partial charge < -0.3 is 13.9 Å². The summed E-state index contributed by atoms with van der Waals surface area (Å²) in [4.78, 5) is 27.9. The number of ether oxygens (including phenoxy) is 2. The molecular formula is C16H17NO5. The minimum atomic E-state index is -0.545. The molecule has 0 amide bonds. The second-order valence-corrected chi connectivity index (χ2v) is 4.66. The van der Waals surface area contributed by atoms with Crippen molar-refractivity contribution in [3.8, 4) is 0 Å². The maximum absolute atomic E-state index is 12.2. The van der Waals surface area contributed by atoms with E-state index in [1.165, 1.54) is 18.5 Å². The molecule has 0 aliphatic heterocycles. The van der Waals surface area contributed by atoms with Gasteiger partial charge in [0, 0.05) is 11.8 Å². The molecule has 0 unspecified atom stereocenters. The van der Waals surface area contributed by atoms with Crippen molar-refractivity contribution in [1.29, 1.82) is 0 Å². The average Bonchev–Trinajstić information content (AvgIpc) is 2.90. The van der Waals surface area contributed by atoms with Gasteiger partial charge in [-0.3, -0.25) is 4.98 Å². The predicted octanol–water partition coefficient (Wildman–Crippen LogP) is 2.83. The zero-order valence-corrected chi connectivity index (χ0v) is 12.7. The first-order chi connectivity index (χ1) is 10.5. The zero-order valence-electron chi connectivity index (χ0n) is 12.7. The topological polar surface area (TPSA) is 78.6 Å². The van der Waals surface area contributed by atoms with Gasteiger partial charge in [-0.25, -0.2) is 9.59 Å². The lowest BCUT2D eigenvalue weighted by Gasteiger charge is -2.08. The lowest BCUT2D eigenvalue weighted by Crippen LogP contribution is -2.12. The third-order valence-electron chi connectivity index (χ3n) is 3.14. The number of hydrogen-bond acceptors (Lipinski definition) is 6. The molecule has 2 heterocycles. The third-order valence-corrected chi connectivity index (χ3v) is 3.14. The molecule has 6 nitrogen and oxygen atoms in total. The summed E-state index contributed by atoms with van der Waals surface area (Å²) < 4.78 is 15.3. The highest BCUT2D eigenvalue weighted by atomic mass is 16.5. The first kappa shape index (κ1) is 15.8. The van der Waals surface area contributed by atoms with E-state index < -0.39 is 11.9 Å². The molecule has 2 aromatic rings. The summed E-state index contributed by atoms with van der Waals surface area (Å²) in [5, 5.41) is 0. The molecule has 0 radical (unpaired) electrons. The van der Waals surface area contributed by atoms with Crippen LogP contribution in [0.2, 0.25) is 0 Å². The molecule has 2 rings (SSSR count). The van der Waals surface area contributed by atoms with Gasteiger partial charge in [-0.15, -0.1) is 0 Å². The first-order valence-corrected chi connectivity index (χ1v) is 6.86. The van der Waals surface area contributed by atoms with Gasteiger partial charge >= 0.3 is 11.9 Å². The van der Waals surface area contributed by atoms with Crippen molar-refractivity contribution in [3.05, 3.63) is 52.7 Å². The van der Waals surface area contributed by atoms with E-state index in [4.69, 9.17) is 13.9 Å². The lowest BCUT2D eigenvalue weighted by molar-refractivity contribution is 0.0470. The van der Waals surface area contributed by atoms with E-state index in [0.717, 1.165) is 5.56 Å². The van der Waals surface area contributed by atoms with Crippen LogP contribution in [0.15, 0.2) is 29.0 Å². The Kier molecular flexibility index (Phi) is 4.93. The minimum Gasteiger partial charge on any atom is -0.469 e. The molecule has 0 fully saturated rings. The molecule has 0 atom stereocenters. The Labute approximate surface area is 128 Å². The Morgan fingerprint density at radius 3 is 2.64 bits per heavy atom. The van der Waals surface area contributed by atoms with Gasteiger partial charge in [0.15, 0.2) is 0 Å². The largest absolute Gasteiger partial charge is 0.469 e. The van der Waals surface area contributed by atoms with Crippen molar-refractivity contribution in [2.75, 3.05) is 6.61 Å². The third kappa shape index (κ3) is 3.52. The standard InChI is InChI=1S/C16H17NO5/c1-4-20-15(18)13-7-14(10(2)17-8-13)16(19)22-9-12-5-6-21-11(12)3/h5-8H,4,9H2,1-3H3. The van der Waals surface area contributed by atoms with Gasteiger partial charge in [0.25, 0.3) is 0 Å². The van der Waals surface area contributed by atoms with Crippen LogP contribution in [0, 0.1) is 13.8 Å². The van der Waals surface area contributed by atoms with Crippen molar-refractivity contribution < 1.29 is 23.5 Å². The van der Waals surface area contributed by atoms with E-state index in [1.54, 1.807) is 26.8 Å². The molecule has 0 N–H and O–H groups in total. The van der Waals surface area contributed by atoms with E-state index in [-0.39, 0.29) is 24.3 Å². The Bertz CT molecular complexity index is 690. The van der Waals surface area contributed by atoms with Gasteiger partial charge in [-0.05, 0) is 32.9 Å². The normalized spacial score (nSPS) is 10.3. The summed E-state index contributed by atoms with van der Waals surface area (Å²) >= 11 is 0. The summed E-state index contributed by atoms with van der Waals surface area (Å²) in [7, 11) is 0. The minimum absolute atomic E-state index is 0.101. The van der Waals surface area contributed by atoms with E-state index in [9.17, 15) is 9.59 Å². The smallest absolute Gasteiger partial charge is 0.340 e. The fraction of sp³-hybridized carbons (Fsp3) is 0.312. The molecule has 0 aromatic carbocycles. The highest BCUT2D eigenvalue weighted by molar-refractivity contribution is 5.95. The molecule has 0 bridgehead atoms. The van der Waals surface area contributed by atoms with Crippen LogP contribution in [-0.4, -0.2) is 23.5 Å². The number of aryl methyl sites for hydroxylation is 2. The average molecular weight is 303 g/mol. The fourth-order valence-corrected chi connectivity index (χ4v) is 1.85. The van der Waals surface area contributed by atoms with Crippen LogP contribution in [0.25, 0.3) is 0 Å². The van der Waals surface area contributed by atoms with Crippen molar-refractivity contribution >= 4 is 11.9 Å². The van der Waals surface area contributed by atoms with E-state index >= 15 is 0 Å². The van der Waals surface area contributed by atoms with Gasteiger partial charge in [0.05, 0.1) is 29.7 Å². The van der Waals surface area contributed by atoms with Crippen molar-refractivity contribution in [2.24, 2.45) is 0 Å². The monoisotopic (exact) mass is 303 g/mol. The highest BCUT2D eigenvalue weighted by Crippen LogP contribution is 2.14. The molecule has 6 heteroatoms. The second-order valence-electron chi connectivity index (χ2n) is 4.66. The van der Waals surface area contributed by atoms with Gasteiger partial charge in [-0.1, -0.05) is 0 Å². The Balaban J connectivity index is 2.13.